The van der Waals surface area contributed by atoms with Gasteiger partial charge in [-0.1, -0.05) is 12.1 Å². The number of H-pyrrole nitrogens is 1. The lowest BCUT2D eigenvalue weighted by Crippen LogP contribution is -2.11. The second kappa shape index (κ2) is 7.26. The maximum atomic E-state index is 9.21. The van der Waals surface area contributed by atoms with Gasteiger partial charge in [-0.05, 0) is 48.5 Å². The molecule has 2 aromatic heterocycles. The molecule has 0 saturated heterocycles. The third-order valence-electron chi connectivity index (χ3n) is 4.94. The summed E-state index contributed by atoms with van der Waals surface area (Å²) in [5.74, 6) is 2.05. The molecule has 0 radical (unpaired) electrons. The van der Waals surface area contributed by atoms with E-state index in [-0.39, 0.29) is 6.79 Å². The number of aromatic nitrogens is 3. The minimum Gasteiger partial charge on any atom is -0.454 e. The number of nitriles is 1. The highest BCUT2D eigenvalue weighted by Crippen LogP contribution is 2.39. The molecule has 0 saturated carbocycles. The lowest BCUT2D eigenvalue weighted by molar-refractivity contribution is 0.174. The number of pyridine rings is 1. The zero-order valence-electron chi connectivity index (χ0n) is 16.2. The first-order chi connectivity index (χ1) is 14.7. The number of aromatic amines is 1. The highest BCUT2D eigenvalue weighted by atomic mass is 16.7. The average Bonchev–Trinajstić information content (AvgIpc) is 3.46. The van der Waals surface area contributed by atoms with Gasteiger partial charge in [-0.2, -0.15) is 5.26 Å². The fraction of sp³-hybridized carbons (Fsp3) is 0.0870. The van der Waals surface area contributed by atoms with Crippen molar-refractivity contribution in [1.82, 2.24) is 15.0 Å². The molecular formula is C23H17N5O2. The molecule has 2 aromatic carbocycles. The third kappa shape index (κ3) is 3.10. The second-order valence-electron chi connectivity index (χ2n) is 6.79. The van der Waals surface area contributed by atoms with Gasteiger partial charge in [0.15, 0.2) is 11.5 Å². The van der Waals surface area contributed by atoms with Crippen molar-refractivity contribution in [3.8, 4) is 40.2 Å². The zero-order chi connectivity index (χ0) is 20.5. The topological polar surface area (TPSA) is 87.1 Å². The number of ether oxygens (including phenoxy) is 2. The van der Waals surface area contributed by atoms with Gasteiger partial charge in [0.1, 0.15) is 5.69 Å². The predicted octanol–water partition coefficient (Wildman–Crippen LogP) is 4.51. The van der Waals surface area contributed by atoms with Crippen LogP contribution in [0.3, 0.4) is 0 Å². The summed E-state index contributed by atoms with van der Waals surface area (Å²) >= 11 is 0. The van der Waals surface area contributed by atoms with E-state index in [0.717, 1.165) is 34.1 Å². The predicted molar refractivity (Wildman–Crippen MR) is 113 cm³/mol. The summed E-state index contributed by atoms with van der Waals surface area (Å²) in [6.07, 6.45) is 1.75. The summed E-state index contributed by atoms with van der Waals surface area (Å²) in [6.45, 7) is 0.218. The molecule has 1 aliphatic rings. The number of fused-ring (bicyclic) bond motifs is 1. The smallest absolute Gasteiger partial charge is 0.231 e. The normalized spacial score (nSPS) is 11.9. The molecule has 7 nitrogen and oxygen atoms in total. The van der Waals surface area contributed by atoms with Crippen LogP contribution in [0.5, 0.6) is 11.5 Å². The monoisotopic (exact) mass is 395 g/mol. The van der Waals surface area contributed by atoms with E-state index in [4.69, 9.17) is 14.5 Å². The minimum atomic E-state index is 0.218. The van der Waals surface area contributed by atoms with Crippen LogP contribution in [-0.2, 0) is 0 Å². The number of rotatable bonds is 4. The summed E-state index contributed by atoms with van der Waals surface area (Å²) in [5.41, 5.74) is 4.67. The Balaban J connectivity index is 1.63. The molecule has 1 aliphatic heterocycles. The van der Waals surface area contributed by atoms with Gasteiger partial charge in [0.05, 0.1) is 23.0 Å². The molecule has 0 fully saturated rings. The quantitative estimate of drug-likeness (QED) is 0.547. The average molecular weight is 395 g/mol. The highest BCUT2D eigenvalue weighted by molar-refractivity contribution is 5.80. The van der Waals surface area contributed by atoms with E-state index in [1.807, 2.05) is 66.5 Å². The molecule has 3 heterocycles. The van der Waals surface area contributed by atoms with Crippen molar-refractivity contribution in [2.24, 2.45) is 0 Å². The first kappa shape index (κ1) is 17.8. The Bertz CT molecular complexity index is 1260. The van der Waals surface area contributed by atoms with Crippen LogP contribution < -0.4 is 14.4 Å². The fourth-order valence-electron chi connectivity index (χ4n) is 3.37. The van der Waals surface area contributed by atoms with E-state index in [2.05, 4.69) is 16.0 Å². The minimum absolute atomic E-state index is 0.218. The van der Waals surface area contributed by atoms with Gasteiger partial charge in [0.25, 0.3) is 0 Å². The van der Waals surface area contributed by atoms with Gasteiger partial charge in [-0.3, -0.25) is 4.98 Å². The molecule has 1 N–H and O–H groups in total. The fourth-order valence-corrected chi connectivity index (χ4v) is 3.37. The van der Waals surface area contributed by atoms with Gasteiger partial charge in [0.2, 0.25) is 12.7 Å². The van der Waals surface area contributed by atoms with Crippen molar-refractivity contribution in [2.45, 2.75) is 0 Å². The van der Waals surface area contributed by atoms with Gasteiger partial charge in [-0.15, -0.1) is 0 Å². The van der Waals surface area contributed by atoms with Crippen molar-refractivity contribution in [2.75, 3.05) is 18.7 Å². The Hall–Kier alpha value is -4.31. The third-order valence-corrected chi connectivity index (χ3v) is 4.94. The van der Waals surface area contributed by atoms with E-state index in [0.29, 0.717) is 17.3 Å². The Morgan fingerprint density at radius 1 is 1.03 bits per heavy atom. The number of nitrogens with zero attached hydrogens (tertiary/aromatic N) is 4. The Morgan fingerprint density at radius 3 is 2.77 bits per heavy atom. The van der Waals surface area contributed by atoms with Crippen LogP contribution in [0.4, 0.5) is 11.6 Å². The maximum Gasteiger partial charge on any atom is 0.231 e. The SMILES string of the molecule is CN(c1cccc(C#N)c1)c1nc(-c2ccc3c(c2)OCO3)c(-c2ccccn2)[nH]1. The molecule has 0 spiro atoms. The molecule has 146 valence electrons. The summed E-state index contributed by atoms with van der Waals surface area (Å²) < 4.78 is 11.0. The Labute approximate surface area is 173 Å². The molecule has 7 heteroatoms. The van der Waals surface area contributed by atoms with Crippen LogP contribution >= 0.6 is 0 Å². The Kier molecular flexibility index (Phi) is 4.30. The first-order valence-electron chi connectivity index (χ1n) is 9.38. The van der Waals surface area contributed by atoms with E-state index in [9.17, 15) is 5.26 Å². The molecule has 0 bridgehead atoms. The van der Waals surface area contributed by atoms with Gasteiger partial charge < -0.3 is 19.4 Å². The largest absolute Gasteiger partial charge is 0.454 e. The van der Waals surface area contributed by atoms with Gasteiger partial charge in [-0.25, -0.2) is 4.98 Å². The van der Waals surface area contributed by atoms with E-state index in [1.165, 1.54) is 0 Å². The molecule has 4 aromatic rings. The van der Waals surface area contributed by atoms with Crippen LogP contribution in [0, 0.1) is 11.3 Å². The zero-order valence-corrected chi connectivity index (χ0v) is 16.2. The van der Waals surface area contributed by atoms with Crippen molar-refractivity contribution in [1.29, 1.82) is 5.26 Å². The molecular weight excluding hydrogens is 378 g/mol. The summed E-state index contributed by atoms with van der Waals surface area (Å²) in [7, 11) is 1.90. The number of hydrogen-bond acceptors (Lipinski definition) is 6. The standard InChI is InChI=1S/C23H17N5O2/c1-28(17-6-4-5-15(11-17)13-24)23-26-21(22(27-23)18-7-2-3-10-25-18)16-8-9-19-20(12-16)30-14-29-19/h2-12H,14H2,1H3,(H,26,27). The second-order valence-corrected chi connectivity index (χ2v) is 6.79. The van der Waals surface area contributed by atoms with Gasteiger partial charge in [0, 0.05) is 24.5 Å². The number of imidazole rings is 1. The first-order valence-corrected chi connectivity index (χ1v) is 9.38. The van der Waals surface area contributed by atoms with Crippen molar-refractivity contribution < 1.29 is 9.47 Å². The number of nitrogens with one attached hydrogen (secondary N) is 1. The highest BCUT2D eigenvalue weighted by Gasteiger charge is 2.21. The summed E-state index contributed by atoms with van der Waals surface area (Å²) in [5, 5.41) is 9.21. The molecule has 0 amide bonds. The van der Waals surface area contributed by atoms with E-state index >= 15 is 0 Å². The van der Waals surface area contributed by atoms with Crippen molar-refractivity contribution in [3.63, 3.8) is 0 Å². The van der Waals surface area contributed by atoms with Crippen LogP contribution in [0.25, 0.3) is 22.6 Å². The number of anilines is 2. The summed E-state index contributed by atoms with van der Waals surface area (Å²) in [4.78, 5) is 14.7. The molecule has 5 rings (SSSR count). The summed E-state index contributed by atoms with van der Waals surface area (Å²) in [6, 6.07) is 21.1. The van der Waals surface area contributed by atoms with Crippen LogP contribution in [0.15, 0.2) is 66.9 Å². The molecule has 0 atom stereocenters. The van der Waals surface area contributed by atoms with Crippen LogP contribution in [0.2, 0.25) is 0 Å². The number of hydrogen-bond donors (Lipinski definition) is 1. The van der Waals surface area contributed by atoms with E-state index in [1.54, 1.807) is 12.3 Å². The Morgan fingerprint density at radius 2 is 1.93 bits per heavy atom. The van der Waals surface area contributed by atoms with Crippen molar-refractivity contribution >= 4 is 11.6 Å². The maximum absolute atomic E-state index is 9.21. The van der Waals surface area contributed by atoms with Gasteiger partial charge >= 0.3 is 0 Å². The van der Waals surface area contributed by atoms with Crippen LogP contribution in [0.1, 0.15) is 5.56 Å². The molecule has 30 heavy (non-hydrogen) atoms. The van der Waals surface area contributed by atoms with E-state index < -0.39 is 0 Å². The molecule has 0 aliphatic carbocycles. The lowest BCUT2D eigenvalue weighted by atomic mass is 10.1. The van der Waals surface area contributed by atoms with Crippen molar-refractivity contribution in [3.05, 3.63) is 72.4 Å². The number of benzene rings is 2. The van der Waals surface area contributed by atoms with Crippen LogP contribution in [-0.4, -0.2) is 28.8 Å². The molecule has 0 unspecified atom stereocenters. The lowest BCUT2D eigenvalue weighted by Gasteiger charge is -2.16.